The Morgan fingerprint density at radius 3 is 2.27 bits per heavy atom. The summed E-state index contributed by atoms with van der Waals surface area (Å²) in [5.41, 5.74) is 3.49. The third-order valence-electron chi connectivity index (χ3n) is 6.98. The predicted octanol–water partition coefficient (Wildman–Crippen LogP) is 5.31. The Hall–Kier alpha value is -3.22. The maximum atomic E-state index is 13.2. The van der Waals surface area contributed by atoms with Crippen LogP contribution < -0.4 is 25.2 Å². The fourth-order valence-electron chi connectivity index (χ4n) is 5.29. The molecule has 1 unspecified atom stereocenters. The molecule has 0 spiro atoms. The van der Waals surface area contributed by atoms with Crippen LogP contribution in [0.25, 0.3) is 0 Å². The van der Waals surface area contributed by atoms with Gasteiger partial charge in [-0.1, -0.05) is 39.8 Å². The summed E-state index contributed by atoms with van der Waals surface area (Å²) in [4.78, 5) is 30.6. The van der Waals surface area contributed by atoms with Gasteiger partial charge in [-0.3, -0.25) is 9.59 Å². The van der Waals surface area contributed by atoms with Crippen LogP contribution in [0.15, 0.2) is 42.5 Å². The van der Waals surface area contributed by atoms with Crippen molar-refractivity contribution < 1.29 is 14.3 Å². The van der Waals surface area contributed by atoms with E-state index in [0.717, 1.165) is 62.6 Å². The number of carbonyl (C=O) groups is 2. The maximum absolute atomic E-state index is 13.2. The van der Waals surface area contributed by atoms with Gasteiger partial charge >= 0.3 is 0 Å². The molecule has 0 radical (unpaired) electrons. The molecule has 1 aliphatic carbocycles. The zero-order valence-corrected chi connectivity index (χ0v) is 23.0. The Morgan fingerprint density at radius 2 is 1.65 bits per heavy atom. The highest BCUT2D eigenvalue weighted by atomic mass is 16.5. The predicted molar refractivity (Wildman–Crippen MR) is 151 cm³/mol. The Morgan fingerprint density at radius 1 is 1.00 bits per heavy atom. The van der Waals surface area contributed by atoms with Gasteiger partial charge in [-0.05, 0) is 60.9 Å². The second-order valence-electron chi connectivity index (χ2n) is 11.7. The van der Waals surface area contributed by atoms with Crippen LogP contribution in [0, 0.1) is 11.3 Å². The van der Waals surface area contributed by atoms with Crippen LogP contribution in [0.3, 0.4) is 0 Å². The molecule has 1 saturated heterocycles. The standard InChI is InChI=1S/C30H42N4O3/c1-21(20-30(2,3)4)18-28(35)31-23-12-13-25(24(19-23)29(36)32-22-10-11-22)33-14-16-34(17-15-33)26-8-6-7-9-27(26)37-5/h6-9,12-13,19,21-22H,10-11,14-18,20H2,1-5H3,(H,31,35)(H,32,36). The smallest absolute Gasteiger partial charge is 0.253 e. The molecule has 1 aliphatic heterocycles. The van der Waals surface area contributed by atoms with Crippen LogP contribution >= 0.6 is 0 Å². The second-order valence-corrected chi connectivity index (χ2v) is 11.7. The average molecular weight is 507 g/mol. The number of piperazine rings is 1. The van der Waals surface area contributed by atoms with E-state index in [2.05, 4.69) is 54.2 Å². The van der Waals surface area contributed by atoms with Gasteiger partial charge in [-0.2, -0.15) is 0 Å². The highest BCUT2D eigenvalue weighted by molar-refractivity contribution is 6.02. The highest BCUT2D eigenvalue weighted by Crippen LogP contribution is 2.32. The summed E-state index contributed by atoms with van der Waals surface area (Å²) in [5.74, 6) is 1.08. The molecule has 37 heavy (non-hydrogen) atoms. The summed E-state index contributed by atoms with van der Waals surface area (Å²) in [6, 6.07) is 14.1. The summed E-state index contributed by atoms with van der Waals surface area (Å²) >= 11 is 0. The van der Waals surface area contributed by atoms with Crippen LogP contribution in [0.1, 0.15) is 63.7 Å². The zero-order chi connectivity index (χ0) is 26.6. The summed E-state index contributed by atoms with van der Waals surface area (Å²) in [7, 11) is 1.70. The molecule has 200 valence electrons. The lowest BCUT2D eigenvalue weighted by molar-refractivity contribution is -0.117. The summed E-state index contributed by atoms with van der Waals surface area (Å²) in [5, 5.41) is 6.17. The van der Waals surface area contributed by atoms with Crippen molar-refractivity contribution in [1.29, 1.82) is 0 Å². The van der Waals surface area contributed by atoms with Gasteiger partial charge in [0.15, 0.2) is 0 Å². The van der Waals surface area contributed by atoms with Gasteiger partial charge in [0.2, 0.25) is 5.91 Å². The third-order valence-corrected chi connectivity index (χ3v) is 6.98. The lowest BCUT2D eigenvalue weighted by atomic mass is 9.84. The minimum absolute atomic E-state index is 0.0107. The largest absolute Gasteiger partial charge is 0.495 e. The van der Waals surface area contributed by atoms with Gasteiger partial charge in [0.1, 0.15) is 5.75 Å². The van der Waals surface area contributed by atoms with Gasteiger partial charge in [0.05, 0.1) is 18.4 Å². The fraction of sp³-hybridized carbons (Fsp3) is 0.533. The number of anilines is 3. The molecule has 0 bridgehead atoms. The number of carbonyl (C=O) groups excluding carboxylic acids is 2. The zero-order valence-electron chi connectivity index (χ0n) is 23.0. The van der Waals surface area contributed by atoms with E-state index in [9.17, 15) is 9.59 Å². The first-order chi connectivity index (χ1) is 17.6. The monoisotopic (exact) mass is 506 g/mol. The molecule has 2 aromatic rings. The Balaban J connectivity index is 1.47. The molecule has 1 heterocycles. The molecule has 2 aliphatic rings. The molecule has 1 atom stereocenters. The van der Waals surface area contributed by atoms with E-state index in [1.807, 2.05) is 36.4 Å². The molecule has 2 N–H and O–H groups in total. The molecule has 1 saturated carbocycles. The topological polar surface area (TPSA) is 73.9 Å². The molecular weight excluding hydrogens is 464 g/mol. The van der Waals surface area contributed by atoms with Crippen LogP contribution in [0.2, 0.25) is 0 Å². The SMILES string of the molecule is COc1ccccc1N1CCN(c2ccc(NC(=O)CC(C)CC(C)(C)C)cc2C(=O)NC2CC2)CC1. The van der Waals surface area contributed by atoms with Crippen LogP contribution in [0.5, 0.6) is 5.75 Å². The van der Waals surface area contributed by atoms with E-state index in [4.69, 9.17) is 4.74 Å². The number of nitrogens with zero attached hydrogens (tertiary/aromatic N) is 2. The minimum atomic E-state index is -0.0677. The summed E-state index contributed by atoms with van der Waals surface area (Å²) in [6.07, 6.45) is 3.50. The van der Waals surface area contributed by atoms with E-state index in [0.29, 0.717) is 17.7 Å². The van der Waals surface area contributed by atoms with Crippen molar-refractivity contribution in [3.8, 4) is 5.75 Å². The number of hydrogen-bond donors (Lipinski definition) is 2. The van der Waals surface area contributed by atoms with Crippen molar-refractivity contribution >= 4 is 28.9 Å². The number of methoxy groups -OCH3 is 1. The lowest BCUT2D eigenvalue weighted by Crippen LogP contribution is -2.47. The van der Waals surface area contributed by atoms with Gasteiger partial charge < -0.3 is 25.2 Å². The van der Waals surface area contributed by atoms with Gasteiger partial charge in [0.25, 0.3) is 5.91 Å². The Bertz CT molecular complexity index is 1100. The lowest BCUT2D eigenvalue weighted by Gasteiger charge is -2.38. The van der Waals surface area contributed by atoms with Crippen LogP contribution in [0.4, 0.5) is 17.1 Å². The maximum Gasteiger partial charge on any atom is 0.253 e. The highest BCUT2D eigenvalue weighted by Gasteiger charge is 2.28. The average Bonchev–Trinajstić information content (AvgIpc) is 3.66. The van der Waals surface area contributed by atoms with E-state index < -0.39 is 0 Å². The van der Waals surface area contributed by atoms with Crippen molar-refractivity contribution in [3.63, 3.8) is 0 Å². The van der Waals surface area contributed by atoms with Crippen molar-refractivity contribution in [3.05, 3.63) is 48.0 Å². The number of para-hydroxylation sites is 2. The quantitative estimate of drug-likeness (QED) is 0.482. The van der Waals surface area contributed by atoms with Crippen LogP contribution in [-0.4, -0.2) is 51.1 Å². The third kappa shape index (κ3) is 7.40. The summed E-state index contributed by atoms with van der Waals surface area (Å²) in [6.45, 7) is 11.9. The van der Waals surface area contributed by atoms with E-state index in [1.54, 1.807) is 7.11 Å². The normalized spacial score (nSPS) is 16.8. The number of hydrogen-bond acceptors (Lipinski definition) is 5. The van der Waals surface area contributed by atoms with Crippen molar-refractivity contribution in [2.75, 3.05) is 48.4 Å². The molecule has 0 aromatic heterocycles. The van der Waals surface area contributed by atoms with Crippen molar-refractivity contribution in [2.45, 2.75) is 59.4 Å². The van der Waals surface area contributed by atoms with Crippen molar-refractivity contribution in [1.82, 2.24) is 5.32 Å². The number of rotatable bonds is 9. The number of nitrogens with one attached hydrogen (secondary N) is 2. The minimum Gasteiger partial charge on any atom is -0.495 e. The Kier molecular flexibility index (Phi) is 8.30. The first-order valence-corrected chi connectivity index (χ1v) is 13.5. The molecule has 2 aromatic carbocycles. The molecular formula is C30H42N4O3. The van der Waals surface area contributed by atoms with Gasteiger partial charge in [0, 0.05) is 50.0 Å². The van der Waals surface area contributed by atoms with E-state index in [-0.39, 0.29) is 29.2 Å². The van der Waals surface area contributed by atoms with Crippen molar-refractivity contribution in [2.24, 2.45) is 11.3 Å². The van der Waals surface area contributed by atoms with E-state index >= 15 is 0 Å². The number of ether oxygens (including phenoxy) is 1. The molecule has 7 heteroatoms. The molecule has 2 fully saturated rings. The first kappa shape index (κ1) is 26.8. The van der Waals surface area contributed by atoms with Crippen LogP contribution in [-0.2, 0) is 4.79 Å². The number of amides is 2. The fourth-order valence-corrected chi connectivity index (χ4v) is 5.29. The molecule has 4 rings (SSSR count). The van der Waals surface area contributed by atoms with Gasteiger partial charge in [-0.25, -0.2) is 0 Å². The first-order valence-electron chi connectivity index (χ1n) is 13.5. The molecule has 2 amide bonds. The molecule has 7 nitrogen and oxygen atoms in total. The van der Waals surface area contributed by atoms with Gasteiger partial charge in [-0.15, -0.1) is 0 Å². The summed E-state index contributed by atoms with van der Waals surface area (Å²) < 4.78 is 5.55. The second kappa shape index (κ2) is 11.4. The number of benzene rings is 2. The van der Waals surface area contributed by atoms with E-state index in [1.165, 1.54) is 0 Å². The Labute approximate surface area is 221 Å².